The van der Waals surface area contributed by atoms with Gasteiger partial charge in [-0.15, -0.1) is 11.8 Å². The molecular formula is C30H33Cl2F2N2O9S2+. The summed E-state index contributed by atoms with van der Waals surface area (Å²) in [5.74, 6) is 0.0305. The zero-order valence-electron chi connectivity index (χ0n) is 25.2. The van der Waals surface area contributed by atoms with Gasteiger partial charge in [0.25, 0.3) is 0 Å². The molecule has 11 nitrogen and oxygen atoms in total. The summed E-state index contributed by atoms with van der Waals surface area (Å²) < 4.78 is 82.2. The normalized spacial score (nSPS) is 17.1. The number of methoxy groups -OCH3 is 2. The molecule has 1 aromatic heterocycles. The average Bonchev–Trinajstić information content (AvgIpc) is 3.72. The molecule has 2 atom stereocenters. The van der Waals surface area contributed by atoms with Crippen LogP contribution < -0.4 is 23.9 Å². The largest absolute Gasteiger partial charge is 0.497 e. The Morgan fingerprint density at radius 1 is 1.04 bits per heavy atom. The molecule has 1 saturated heterocycles. The summed E-state index contributed by atoms with van der Waals surface area (Å²) in [6.45, 7) is -2.75. The lowest BCUT2D eigenvalue weighted by molar-refractivity contribution is -0.377. The molecule has 0 unspecified atom stereocenters. The second-order valence-electron chi connectivity index (χ2n) is 10.5. The molecule has 47 heavy (non-hydrogen) atoms. The summed E-state index contributed by atoms with van der Waals surface area (Å²) in [5.41, 5.74) is 0.811. The van der Waals surface area contributed by atoms with Crippen molar-refractivity contribution in [3.05, 3.63) is 70.0 Å². The number of nitrogens with zero attached hydrogens (tertiary/aromatic N) is 1. The van der Waals surface area contributed by atoms with Gasteiger partial charge in [-0.05, 0) is 48.6 Å². The Hall–Kier alpha value is -3.08. The number of pyridine rings is 1. The van der Waals surface area contributed by atoms with E-state index in [1.54, 1.807) is 6.07 Å². The van der Waals surface area contributed by atoms with E-state index < -0.39 is 34.1 Å². The van der Waals surface area contributed by atoms with E-state index >= 15 is 0 Å². The Morgan fingerprint density at radius 3 is 2.38 bits per heavy atom. The Bertz CT molecular complexity index is 1660. The third-order valence-electron chi connectivity index (χ3n) is 7.38. The van der Waals surface area contributed by atoms with Gasteiger partial charge in [-0.1, -0.05) is 29.3 Å². The third-order valence-corrected chi connectivity index (χ3v) is 11.3. The number of thioether (sulfide) groups is 1. The van der Waals surface area contributed by atoms with Gasteiger partial charge in [-0.25, -0.2) is 18.2 Å². The van der Waals surface area contributed by atoms with Gasteiger partial charge in [-0.2, -0.15) is 13.1 Å². The van der Waals surface area contributed by atoms with Gasteiger partial charge in [0.05, 0.1) is 20.8 Å². The van der Waals surface area contributed by atoms with E-state index in [1.165, 1.54) is 56.9 Å². The van der Waals surface area contributed by atoms with Crippen LogP contribution in [-0.2, 0) is 26.0 Å². The molecule has 0 amide bonds. The second-order valence-corrected chi connectivity index (χ2v) is 14.3. The van der Waals surface area contributed by atoms with E-state index in [0.717, 1.165) is 28.9 Å². The fourth-order valence-corrected chi connectivity index (χ4v) is 8.56. The monoisotopic (exact) mass is 737 g/mol. The molecule has 2 aromatic carbocycles. The number of carbonyl (C=O) groups is 1. The Balaban J connectivity index is 0.00000500. The van der Waals surface area contributed by atoms with Crippen LogP contribution in [0.25, 0.3) is 0 Å². The van der Waals surface area contributed by atoms with Crippen molar-refractivity contribution in [3.8, 4) is 23.0 Å². The highest BCUT2D eigenvalue weighted by atomic mass is 35.5. The van der Waals surface area contributed by atoms with Crippen molar-refractivity contribution >= 4 is 51.0 Å². The Morgan fingerprint density at radius 2 is 1.74 bits per heavy atom. The van der Waals surface area contributed by atoms with Crippen LogP contribution in [0.2, 0.25) is 10.0 Å². The first kappa shape index (κ1) is 36.8. The van der Waals surface area contributed by atoms with Crippen LogP contribution in [0.5, 0.6) is 23.0 Å². The maximum atomic E-state index is 13.9. The van der Waals surface area contributed by atoms with Crippen molar-refractivity contribution < 1.29 is 56.1 Å². The lowest BCUT2D eigenvalue weighted by atomic mass is 10.0. The molecular weight excluding hydrogens is 705 g/mol. The SMILES string of the molecule is COc1ccc(OC)c(S(=O)(=O)N2CCS[C@H]2C(=O)O[C@@H](Cc2c(Cl)c[nH+]cc2Cl)c2ccc(OC(F)F)c(OCC3CC3)c2)c1.O. The molecule has 2 heterocycles. The van der Waals surface area contributed by atoms with Crippen LogP contribution in [-0.4, -0.2) is 69.3 Å². The fourth-order valence-electron chi connectivity index (χ4n) is 4.80. The van der Waals surface area contributed by atoms with Crippen LogP contribution >= 0.6 is 35.0 Å². The molecule has 256 valence electrons. The number of esters is 1. The predicted octanol–water partition coefficient (Wildman–Crippen LogP) is 4.98. The number of nitrogens with one attached hydrogen (secondary N) is 1. The minimum atomic E-state index is -4.26. The number of halogens is 4. The van der Waals surface area contributed by atoms with E-state index in [9.17, 15) is 22.0 Å². The molecule has 3 N–H and O–H groups in total. The summed E-state index contributed by atoms with van der Waals surface area (Å²) in [6, 6.07) is 8.59. The number of aromatic amines is 1. The molecule has 5 rings (SSSR count). The number of ether oxygens (including phenoxy) is 5. The minimum absolute atomic E-state index is 0. The summed E-state index contributed by atoms with van der Waals surface area (Å²) in [6.07, 6.45) is 3.84. The number of hydrogen-bond donors (Lipinski definition) is 0. The number of rotatable bonds is 14. The Kier molecular flexibility index (Phi) is 12.4. The zero-order valence-corrected chi connectivity index (χ0v) is 28.4. The van der Waals surface area contributed by atoms with Crippen LogP contribution in [0.1, 0.15) is 30.1 Å². The van der Waals surface area contributed by atoms with E-state index in [4.69, 9.17) is 42.1 Å². The van der Waals surface area contributed by atoms with Crippen LogP contribution in [0.15, 0.2) is 53.7 Å². The molecule has 1 saturated carbocycles. The van der Waals surface area contributed by atoms with Gasteiger partial charge in [0.2, 0.25) is 10.0 Å². The van der Waals surface area contributed by atoms with Gasteiger partial charge in [0, 0.05) is 30.3 Å². The summed E-state index contributed by atoms with van der Waals surface area (Å²) in [5, 5.41) is -0.715. The molecule has 3 aromatic rings. The predicted molar refractivity (Wildman–Crippen MR) is 170 cm³/mol. The summed E-state index contributed by atoms with van der Waals surface area (Å²) >= 11 is 14.0. The van der Waals surface area contributed by atoms with Crippen LogP contribution in [0.4, 0.5) is 8.78 Å². The van der Waals surface area contributed by atoms with Crippen molar-refractivity contribution in [2.45, 2.75) is 42.2 Å². The zero-order chi connectivity index (χ0) is 33.0. The molecule has 1 aliphatic carbocycles. The van der Waals surface area contributed by atoms with Crippen LogP contribution in [0.3, 0.4) is 0 Å². The van der Waals surface area contributed by atoms with Gasteiger partial charge in [0.15, 0.2) is 29.3 Å². The summed E-state index contributed by atoms with van der Waals surface area (Å²) in [7, 11) is -1.52. The van der Waals surface area contributed by atoms with E-state index in [0.29, 0.717) is 35.2 Å². The first-order chi connectivity index (χ1) is 22.0. The Labute approximate surface area is 284 Å². The number of aromatic nitrogens is 1. The van der Waals surface area contributed by atoms with Gasteiger partial charge in [0.1, 0.15) is 32.5 Å². The number of hydrogen-bond acceptors (Lipinski definition) is 9. The van der Waals surface area contributed by atoms with Crippen molar-refractivity contribution in [3.63, 3.8) is 0 Å². The van der Waals surface area contributed by atoms with Gasteiger partial charge >= 0.3 is 12.6 Å². The number of sulfonamides is 1. The molecule has 0 bridgehead atoms. The van der Waals surface area contributed by atoms with Crippen molar-refractivity contribution in [2.75, 3.05) is 33.1 Å². The minimum Gasteiger partial charge on any atom is -0.497 e. The lowest BCUT2D eigenvalue weighted by Gasteiger charge is -2.26. The highest BCUT2D eigenvalue weighted by Crippen LogP contribution is 2.40. The standard InChI is InChI=1S/C30H30Cl2F2N2O8S2.H2O/c1-40-19-6-8-24(41-2)27(12-19)46(38,39)36-9-10-45-28(36)29(37)43-25(13-20-21(31)14-35-15-22(20)32)18-5-7-23(44-30(33)34)26(11-18)42-16-17-3-4-17;/h5-8,11-12,14-15,17,25,28,30H,3-4,9-10,13,16H2,1-2H3;1H2/p+1/t25-,28-;/m0./s1. The second kappa shape index (κ2) is 15.9. The smallest absolute Gasteiger partial charge is 0.387 e. The fraction of sp³-hybridized carbons (Fsp3) is 0.400. The topological polar surface area (TPSA) is 146 Å². The lowest BCUT2D eigenvalue weighted by Crippen LogP contribution is -2.40. The maximum Gasteiger partial charge on any atom is 0.387 e. The third kappa shape index (κ3) is 8.69. The maximum absolute atomic E-state index is 13.9. The first-order valence-corrected chi connectivity index (χ1v) is 17.4. The highest BCUT2D eigenvalue weighted by molar-refractivity contribution is 8.02. The first-order valence-electron chi connectivity index (χ1n) is 14.1. The van der Waals surface area contributed by atoms with E-state index in [-0.39, 0.29) is 50.6 Å². The molecule has 17 heteroatoms. The van der Waals surface area contributed by atoms with Gasteiger partial charge < -0.3 is 29.2 Å². The van der Waals surface area contributed by atoms with Crippen molar-refractivity contribution in [1.29, 1.82) is 0 Å². The highest BCUT2D eigenvalue weighted by Gasteiger charge is 2.43. The molecule has 1 aliphatic heterocycles. The molecule has 0 radical (unpaired) electrons. The molecule has 0 spiro atoms. The molecule has 2 fully saturated rings. The van der Waals surface area contributed by atoms with Crippen molar-refractivity contribution in [1.82, 2.24) is 4.31 Å². The number of carbonyl (C=O) groups excluding carboxylic acids is 1. The summed E-state index contributed by atoms with van der Waals surface area (Å²) in [4.78, 5) is 16.5. The number of benzene rings is 2. The van der Waals surface area contributed by atoms with Crippen molar-refractivity contribution in [2.24, 2.45) is 5.92 Å². The number of alkyl halides is 2. The van der Waals surface area contributed by atoms with E-state index in [2.05, 4.69) is 9.72 Å². The molecule has 2 aliphatic rings. The van der Waals surface area contributed by atoms with Gasteiger partial charge in [-0.3, -0.25) is 0 Å². The van der Waals surface area contributed by atoms with E-state index in [1.807, 2.05) is 0 Å². The number of H-pyrrole nitrogens is 1. The average molecular weight is 739 g/mol. The van der Waals surface area contributed by atoms with Crippen LogP contribution in [0, 0.1) is 5.92 Å². The quantitative estimate of drug-likeness (QED) is 0.209.